The van der Waals surface area contributed by atoms with Gasteiger partial charge in [0.1, 0.15) is 4.90 Å². The average Bonchev–Trinajstić information content (AvgIpc) is 2.76. The molecular weight excluding hydrogens is 308 g/mol. The maximum atomic E-state index is 12.5. The Bertz CT molecular complexity index is 810. The molecular formula is C14H18N2O5S. The number of aryl methyl sites for hydroxylation is 1. The van der Waals surface area contributed by atoms with Crippen LogP contribution in [0.25, 0.3) is 10.9 Å². The smallest absolute Gasteiger partial charge is 0.336 e. The highest BCUT2D eigenvalue weighted by atomic mass is 32.2. The summed E-state index contributed by atoms with van der Waals surface area (Å²) >= 11 is 0. The fourth-order valence-electron chi connectivity index (χ4n) is 2.31. The van der Waals surface area contributed by atoms with E-state index in [0.29, 0.717) is 11.1 Å². The minimum atomic E-state index is -3.87. The molecule has 8 heteroatoms. The van der Waals surface area contributed by atoms with Gasteiger partial charge in [-0.3, -0.25) is 0 Å². The number of nitrogens with one attached hydrogen (secondary N) is 1. The first-order valence-electron chi connectivity index (χ1n) is 6.59. The van der Waals surface area contributed by atoms with Gasteiger partial charge in [-0.15, -0.1) is 0 Å². The number of aromatic nitrogens is 1. The summed E-state index contributed by atoms with van der Waals surface area (Å²) in [5, 5.41) is 10.1. The van der Waals surface area contributed by atoms with E-state index in [2.05, 4.69) is 9.46 Å². The Morgan fingerprint density at radius 1 is 1.41 bits per heavy atom. The number of methoxy groups -OCH3 is 1. The molecule has 1 atom stereocenters. The molecule has 0 bridgehead atoms. The summed E-state index contributed by atoms with van der Waals surface area (Å²) < 4.78 is 33.4. The van der Waals surface area contributed by atoms with Crippen molar-refractivity contribution in [3.05, 3.63) is 30.0 Å². The van der Waals surface area contributed by atoms with Crippen LogP contribution in [-0.2, 0) is 26.6 Å². The standard InChI is InChI=1S/C14H18N2O5S/c1-9-13(10-6-4-5-7-11(10)16(9)2)22(19,20)15-8-12(17)14(18)21-3/h4-7,12,15,17H,8H2,1-3H3/t12-/m0/s1. The number of hydrogen-bond donors (Lipinski definition) is 2. The van der Waals surface area contributed by atoms with Crippen LogP contribution < -0.4 is 4.72 Å². The summed E-state index contributed by atoms with van der Waals surface area (Å²) in [6, 6.07) is 7.12. The summed E-state index contributed by atoms with van der Waals surface area (Å²) in [7, 11) is -0.974. The summed E-state index contributed by atoms with van der Waals surface area (Å²) in [6.07, 6.45) is -1.55. The number of esters is 1. The zero-order valence-corrected chi connectivity index (χ0v) is 13.3. The van der Waals surface area contributed by atoms with Crippen molar-refractivity contribution in [2.45, 2.75) is 17.9 Å². The lowest BCUT2D eigenvalue weighted by molar-refractivity contribution is -0.149. The second-order valence-corrected chi connectivity index (χ2v) is 6.59. The predicted molar refractivity (Wildman–Crippen MR) is 80.9 cm³/mol. The average molecular weight is 326 g/mol. The van der Waals surface area contributed by atoms with E-state index < -0.39 is 28.6 Å². The van der Waals surface area contributed by atoms with Gasteiger partial charge in [0.2, 0.25) is 10.0 Å². The number of benzene rings is 1. The third-order valence-corrected chi connectivity index (χ3v) is 5.15. The number of aliphatic hydroxyl groups is 1. The number of aliphatic hydroxyl groups excluding tert-OH is 1. The Balaban J connectivity index is 2.39. The molecule has 0 saturated carbocycles. The molecule has 2 rings (SSSR count). The van der Waals surface area contributed by atoms with E-state index in [1.165, 1.54) is 0 Å². The number of fused-ring (bicyclic) bond motifs is 1. The van der Waals surface area contributed by atoms with Gasteiger partial charge >= 0.3 is 5.97 Å². The molecule has 1 aromatic heterocycles. The minimum Gasteiger partial charge on any atom is -0.467 e. The van der Waals surface area contributed by atoms with Crippen molar-refractivity contribution in [1.82, 2.24) is 9.29 Å². The molecule has 0 amide bonds. The van der Waals surface area contributed by atoms with E-state index in [1.807, 2.05) is 12.1 Å². The number of hydrogen-bond acceptors (Lipinski definition) is 5. The van der Waals surface area contributed by atoms with Gasteiger partial charge in [-0.05, 0) is 13.0 Å². The SMILES string of the molecule is COC(=O)[C@@H](O)CNS(=O)(=O)c1c(C)n(C)c2ccccc12. The fraction of sp³-hybridized carbons (Fsp3) is 0.357. The van der Waals surface area contributed by atoms with Gasteiger partial charge in [-0.25, -0.2) is 17.9 Å². The lowest BCUT2D eigenvalue weighted by Crippen LogP contribution is -2.37. The molecule has 0 fully saturated rings. The monoisotopic (exact) mass is 326 g/mol. The number of sulfonamides is 1. The van der Waals surface area contributed by atoms with Crippen LogP contribution in [0.15, 0.2) is 29.2 Å². The van der Waals surface area contributed by atoms with E-state index in [0.717, 1.165) is 12.6 Å². The number of carbonyl (C=O) groups excluding carboxylic acids is 1. The zero-order valence-electron chi connectivity index (χ0n) is 12.5. The van der Waals surface area contributed by atoms with Gasteiger partial charge in [0, 0.05) is 30.2 Å². The van der Waals surface area contributed by atoms with E-state index >= 15 is 0 Å². The third kappa shape index (κ3) is 2.85. The molecule has 120 valence electrons. The molecule has 1 aromatic carbocycles. The molecule has 0 spiro atoms. The molecule has 2 N–H and O–H groups in total. The first-order chi connectivity index (χ1) is 10.3. The topological polar surface area (TPSA) is 97.6 Å². The van der Waals surface area contributed by atoms with Gasteiger partial charge in [0.05, 0.1) is 7.11 Å². The van der Waals surface area contributed by atoms with Crippen molar-refractivity contribution in [1.29, 1.82) is 0 Å². The highest BCUT2D eigenvalue weighted by Crippen LogP contribution is 2.28. The molecule has 0 aliphatic carbocycles. The molecule has 22 heavy (non-hydrogen) atoms. The number of nitrogens with zero attached hydrogens (tertiary/aromatic N) is 1. The molecule has 0 aliphatic rings. The number of carbonyl (C=O) groups is 1. The summed E-state index contributed by atoms with van der Waals surface area (Å²) in [5.74, 6) is -0.891. The molecule has 0 saturated heterocycles. The van der Waals surface area contributed by atoms with Crippen LogP contribution in [0, 0.1) is 6.92 Å². The van der Waals surface area contributed by atoms with Gasteiger partial charge in [0.15, 0.2) is 6.10 Å². The minimum absolute atomic E-state index is 0.141. The first kappa shape index (κ1) is 16.5. The van der Waals surface area contributed by atoms with Crippen LogP contribution in [0.5, 0.6) is 0 Å². The Hall–Kier alpha value is -1.90. The van der Waals surface area contributed by atoms with Crippen LogP contribution in [0.1, 0.15) is 5.69 Å². The van der Waals surface area contributed by atoms with E-state index in [-0.39, 0.29) is 4.90 Å². The van der Waals surface area contributed by atoms with Gasteiger partial charge in [0.25, 0.3) is 0 Å². The van der Waals surface area contributed by atoms with Crippen molar-refractivity contribution in [3.63, 3.8) is 0 Å². The fourth-order valence-corrected chi connectivity index (χ4v) is 3.81. The Morgan fingerprint density at radius 2 is 2.05 bits per heavy atom. The van der Waals surface area contributed by atoms with Crippen LogP contribution in [0.3, 0.4) is 0 Å². The molecule has 2 aromatic rings. The zero-order chi connectivity index (χ0) is 16.5. The van der Waals surface area contributed by atoms with Gasteiger partial charge in [-0.1, -0.05) is 18.2 Å². The Labute approximate surface area is 128 Å². The lowest BCUT2D eigenvalue weighted by atomic mass is 10.2. The Kier molecular flexibility index (Phi) is 4.55. The summed E-state index contributed by atoms with van der Waals surface area (Å²) in [4.78, 5) is 11.3. The second-order valence-electron chi connectivity index (χ2n) is 4.88. The summed E-state index contributed by atoms with van der Waals surface area (Å²) in [5.41, 5.74) is 1.36. The van der Waals surface area contributed by atoms with Gasteiger partial charge in [-0.2, -0.15) is 0 Å². The Morgan fingerprint density at radius 3 is 2.68 bits per heavy atom. The number of rotatable bonds is 5. The molecule has 1 heterocycles. The number of ether oxygens (including phenoxy) is 1. The van der Waals surface area contributed by atoms with Crippen molar-refractivity contribution in [2.75, 3.05) is 13.7 Å². The van der Waals surface area contributed by atoms with Gasteiger partial charge < -0.3 is 14.4 Å². The van der Waals surface area contributed by atoms with Crippen molar-refractivity contribution >= 4 is 26.9 Å². The van der Waals surface area contributed by atoms with E-state index in [9.17, 15) is 18.3 Å². The largest absolute Gasteiger partial charge is 0.467 e. The lowest BCUT2D eigenvalue weighted by Gasteiger charge is -2.11. The second kappa shape index (κ2) is 6.07. The maximum absolute atomic E-state index is 12.5. The van der Waals surface area contributed by atoms with Crippen molar-refractivity contribution in [2.24, 2.45) is 7.05 Å². The van der Waals surface area contributed by atoms with Crippen LogP contribution in [0.2, 0.25) is 0 Å². The predicted octanol–water partition coefficient (Wildman–Crippen LogP) is 0.299. The van der Waals surface area contributed by atoms with Crippen molar-refractivity contribution in [3.8, 4) is 0 Å². The molecule has 0 unspecified atom stereocenters. The van der Waals surface area contributed by atoms with E-state index in [1.54, 1.807) is 30.7 Å². The van der Waals surface area contributed by atoms with Crippen LogP contribution in [0.4, 0.5) is 0 Å². The third-order valence-electron chi connectivity index (χ3n) is 3.55. The molecule has 0 radical (unpaired) electrons. The molecule has 0 aliphatic heterocycles. The number of para-hydroxylation sites is 1. The normalized spacial score (nSPS) is 13.3. The highest BCUT2D eigenvalue weighted by Gasteiger charge is 2.26. The quantitative estimate of drug-likeness (QED) is 0.770. The summed E-state index contributed by atoms with van der Waals surface area (Å²) in [6.45, 7) is 1.25. The first-order valence-corrected chi connectivity index (χ1v) is 8.07. The highest BCUT2D eigenvalue weighted by molar-refractivity contribution is 7.89. The van der Waals surface area contributed by atoms with Crippen LogP contribution >= 0.6 is 0 Å². The van der Waals surface area contributed by atoms with Crippen LogP contribution in [-0.4, -0.2) is 43.8 Å². The maximum Gasteiger partial charge on any atom is 0.336 e. The van der Waals surface area contributed by atoms with Crippen molar-refractivity contribution < 1.29 is 23.1 Å². The molecule has 7 nitrogen and oxygen atoms in total. The van der Waals surface area contributed by atoms with E-state index in [4.69, 9.17) is 0 Å².